The van der Waals surface area contributed by atoms with E-state index in [1.54, 1.807) is 18.4 Å². The van der Waals surface area contributed by atoms with Crippen LogP contribution in [0.25, 0.3) is 11.3 Å². The monoisotopic (exact) mass is 219 g/mol. The topological polar surface area (TPSA) is 22.1 Å². The van der Waals surface area contributed by atoms with Crippen molar-refractivity contribution in [3.8, 4) is 17.0 Å². The molecule has 3 heteroatoms. The molecule has 1 aromatic heterocycles. The average Bonchev–Trinajstić information content (AvgIpc) is 2.81. The van der Waals surface area contributed by atoms with Gasteiger partial charge in [-0.05, 0) is 18.1 Å². The normalized spacial score (nSPS) is 10.3. The molecular formula is C12H13NOS. The van der Waals surface area contributed by atoms with E-state index in [0.29, 0.717) is 0 Å². The van der Waals surface area contributed by atoms with Crippen molar-refractivity contribution in [1.29, 1.82) is 0 Å². The molecule has 1 aromatic carbocycles. The zero-order valence-corrected chi connectivity index (χ0v) is 9.67. The Labute approximate surface area is 93.6 Å². The molecule has 0 unspecified atom stereocenters. The van der Waals surface area contributed by atoms with Gasteiger partial charge in [0, 0.05) is 10.9 Å². The molecule has 0 atom stereocenters. The average molecular weight is 219 g/mol. The maximum absolute atomic E-state index is 5.46. The Balaban J connectivity index is 2.56. The van der Waals surface area contributed by atoms with Crippen LogP contribution in [0.2, 0.25) is 0 Å². The second kappa shape index (κ2) is 4.45. The minimum Gasteiger partial charge on any atom is -0.496 e. The molecular weight excluding hydrogens is 206 g/mol. The lowest BCUT2D eigenvalue weighted by Gasteiger charge is -2.10. The number of rotatable bonds is 3. The summed E-state index contributed by atoms with van der Waals surface area (Å²) in [5, 5.41) is 2.04. The van der Waals surface area contributed by atoms with Gasteiger partial charge in [0.25, 0.3) is 0 Å². The fourth-order valence-electron chi connectivity index (χ4n) is 1.65. The summed E-state index contributed by atoms with van der Waals surface area (Å²) in [5.41, 5.74) is 5.14. The van der Waals surface area contributed by atoms with E-state index in [2.05, 4.69) is 24.0 Å². The molecule has 1 heterocycles. The number of hydrogen-bond acceptors (Lipinski definition) is 3. The van der Waals surface area contributed by atoms with E-state index >= 15 is 0 Å². The van der Waals surface area contributed by atoms with Gasteiger partial charge in [0.2, 0.25) is 0 Å². The number of hydrogen-bond donors (Lipinski definition) is 0. The van der Waals surface area contributed by atoms with Crippen molar-refractivity contribution in [3.05, 3.63) is 34.7 Å². The zero-order chi connectivity index (χ0) is 10.7. The largest absolute Gasteiger partial charge is 0.496 e. The van der Waals surface area contributed by atoms with E-state index in [1.165, 1.54) is 5.56 Å². The molecule has 2 aromatic rings. The Morgan fingerprint density at radius 3 is 2.87 bits per heavy atom. The van der Waals surface area contributed by atoms with E-state index < -0.39 is 0 Å². The number of benzene rings is 1. The fourth-order valence-corrected chi connectivity index (χ4v) is 2.20. The van der Waals surface area contributed by atoms with Crippen LogP contribution in [-0.2, 0) is 6.42 Å². The standard InChI is InChI=1S/C12H13NOS/c1-3-9-5-4-6-10(12(9)14-2)11-7-15-8-13-11/h4-8H,3H2,1-2H3. The molecule has 2 rings (SSSR count). The van der Waals surface area contributed by atoms with Crippen LogP contribution in [0.1, 0.15) is 12.5 Å². The van der Waals surface area contributed by atoms with Crippen LogP contribution in [0.4, 0.5) is 0 Å². The van der Waals surface area contributed by atoms with Gasteiger partial charge in [0.05, 0.1) is 18.3 Å². The van der Waals surface area contributed by atoms with Gasteiger partial charge < -0.3 is 4.74 Å². The van der Waals surface area contributed by atoms with Crippen molar-refractivity contribution in [3.63, 3.8) is 0 Å². The molecule has 15 heavy (non-hydrogen) atoms. The first kappa shape index (κ1) is 10.2. The molecule has 0 amide bonds. The highest BCUT2D eigenvalue weighted by molar-refractivity contribution is 7.07. The molecule has 0 spiro atoms. The first-order chi connectivity index (χ1) is 7.36. The highest BCUT2D eigenvalue weighted by atomic mass is 32.1. The van der Waals surface area contributed by atoms with Crippen LogP contribution in [-0.4, -0.2) is 12.1 Å². The molecule has 0 aliphatic heterocycles. The van der Waals surface area contributed by atoms with Crippen LogP contribution in [0.15, 0.2) is 29.1 Å². The molecule has 0 radical (unpaired) electrons. The van der Waals surface area contributed by atoms with Gasteiger partial charge >= 0.3 is 0 Å². The van der Waals surface area contributed by atoms with Gasteiger partial charge in [0.15, 0.2) is 0 Å². The summed E-state index contributed by atoms with van der Waals surface area (Å²) in [6.07, 6.45) is 0.973. The third-order valence-corrected chi connectivity index (χ3v) is 2.98. The van der Waals surface area contributed by atoms with E-state index in [4.69, 9.17) is 4.74 Å². The quantitative estimate of drug-likeness (QED) is 0.789. The first-order valence-electron chi connectivity index (χ1n) is 4.91. The maximum atomic E-state index is 5.46. The lowest BCUT2D eigenvalue weighted by Crippen LogP contribution is -1.93. The summed E-state index contributed by atoms with van der Waals surface area (Å²) in [6.45, 7) is 2.13. The number of aryl methyl sites for hydroxylation is 1. The van der Waals surface area contributed by atoms with Crippen molar-refractivity contribution >= 4 is 11.3 Å². The molecule has 0 N–H and O–H groups in total. The minimum absolute atomic E-state index is 0.950. The Kier molecular flexibility index (Phi) is 3.02. The molecule has 0 bridgehead atoms. The zero-order valence-electron chi connectivity index (χ0n) is 8.86. The highest BCUT2D eigenvalue weighted by Crippen LogP contribution is 2.32. The minimum atomic E-state index is 0.950. The summed E-state index contributed by atoms with van der Waals surface area (Å²) < 4.78 is 5.46. The maximum Gasteiger partial charge on any atom is 0.131 e. The molecule has 2 nitrogen and oxygen atoms in total. The van der Waals surface area contributed by atoms with Crippen molar-refractivity contribution in [2.45, 2.75) is 13.3 Å². The second-order valence-electron chi connectivity index (χ2n) is 3.23. The number of aromatic nitrogens is 1. The van der Waals surface area contributed by atoms with Gasteiger partial charge in [-0.2, -0.15) is 0 Å². The van der Waals surface area contributed by atoms with Gasteiger partial charge in [-0.3, -0.25) is 0 Å². The summed E-state index contributed by atoms with van der Waals surface area (Å²) in [6, 6.07) is 6.19. The van der Waals surface area contributed by atoms with E-state index in [0.717, 1.165) is 23.4 Å². The lowest BCUT2D eigenvalue weighted by molar-refractivity contribution is 0.411. The smallest absolute Gasteiger partial charge is 0.131 e. The van der Waals surface area contributed by atoms with Crippen LogP contribution in [0.3, 0.4) is 0 Å². The van der Waals surface area contributed by atoms with Gasteiger partial charge in [-0.25, -0.2) is 4.98 Å². The molecule has 0 aliphatic carbocycles. The van der Waals surface area contributed by atoms with Crippen molar-refractivity contribution < 1.29 is 4.74 Å². The molecule has 0 saturated carbocycles. The third-order valence-electron chi connectivity index (χ3n) is 2.39. The number of para-hydroxylation sites is 1. The molecule has 78 valence electrons. The van der Waals surface area contributed by atoms with Crippen LogP contribution in [0, 0.1) is 0 Å². The van der Waals surface area contributed by atoms with E-state index in [1.807, 2.05) is 17.0 Å². The van der Waals surface area contributed by atoms with Crippen LogP contribution >= 0.6 is 11.3 Å². The highest BCUT2D eigenvalue weighted by Gasteiger charge is 2.10. The molecule has 0 aliphatic rings. The predicted octanol–water partition coefficient (Wildman–Crippen LogP) is 3.38. The van der Waals surface area contributed by atoms with Crippen molar-refractivity contribution in [2.24, 2.45) is 0 Å². The summed E-state index contributed by atoms with van der Waals surface area (Å²) in [5.74, 6) is 0.950. The van der Waals surface area contributed by atoms with Crippen LogP contribution in [0.5, 0.6) is 5.75 Å². The lowest BCUT2D eigenvalue weighted by atomic mass is 10.1. The van der Waals surface area contributed by atoms with Gasteiger partial charge in [-0.15, -0.1) is 11.3 Å². The van der Waals surface area contributed by atoms with E-state index in [-0.39, 0.29) is 0 Å². The fraction of sp³-hybridized carbons (Fsp3) is 0.250. The van der Waals surface area contributed by atoms with Crippen LogP contribution < -0.4 is 4.74 Å². The van der Waals surface area contributed by atoms with Crippen molar-refractivity contribution in [1.82, 2.24) is 4.98 Å². The number of ether oxygens (including phenoxy) is 1. The Morgan fingerprint density at radius 2 is 2.27 bits per heavy atom. The number of nitrogens with zero attached hydrogens (tertiary/aromatic N) is 1. The summed E-state index contributed by atoms with van der Waals surface area (Å²) >= 11 is 1.60. The number of methoxy groups -OCH3 is 1. The first-order valence-corrected chi connectivity index (χ1v) is 5.85. The third kappa shape index (κ3) is 1.88. The predicted molar refractivity (Wildman–Crippen MR) is 63.5 cm³/mol. The van der Waals surface area contributed by atoms with Crippen molar-refractivity contribution in [2.75, 3.05) is 7.11 Å². The van der Waals surface area contributed by atoms with E-state index in [9.17, 15) is 0 Å². The Bertz CT molecular complexity index is 437. The Morgan fingerprint density at radius 1 is 1.40 bits per heavy atom. The summed E-state index contributed by atoms with van der Waals surface area (Å²) in [4.78, 5) is 4.31. The SMILES string of the molecule is CCc1cccc(-c2cscn2)c1OC. The van der Waals surface area contributed by atoms with Gasteiger partial charge in [-0.1, -0.05) is 19.1 Å². The molecule has 0 saturated heterocycles. The van der Waals surface area contributed by atoms with Gasteiger partial charge in [0.1, 0.15) is 5.75 Å². The second-order valence-corrected chi connectivity index (χ2v) is 3.94. The Hall–Kier alpha value is -1.35. The summed E-state index contributed by atoms with van der Waals surface area (Å²) in [7, 11) is 1.71. The molecule has 0 fully saturated rings. The number of thiazole rings is 1.